The molecule has 6 aliphatic rings. The maximum atomic E-state index is 14.5. The number of alkyl halides is 1. The molecule has 1 aromatic rings. The molecule has 0 radical (unpaired) electrons. The van der Waals surface area contributed by atoms with Gasteiger partial charge in [-0.2, -0.15) is 0 Å². The number of hydrogen-bond donors (Lipinski definition) is 2. The summed E-state index contributed by atoms with van der Waals surface area (Å²) >= 11 is 3.49. The zero-order chi connectivity index (χ0) is 17.8. The third-order valence-electron chi connectivity index (χ3n) is 8.08. The first kappa shape index (κ1) is 15.3. The molecule has 2 nitrogen and oxygen atoms in total. The molecule has 6 fully saturated rings. The molecule has 25 heavy (non-hydrogen) atoms. The molecule has 6 aliphatic carbocycles. The Bertz CT molecular complexity index is 848. The van der Waals surface area contributed by atoms with E-state index < -0.39 is 57.7 Å². The van der Waals surface area contributed by atoms with Crippen molar-refractivity contribution in [1.82, 2.24) is 0 Å². The molecular formula is C17H12BrF5O2. The minimum atomic E-state index is -2.23. The van der Waals surface area contributed by atoms with E-state index >= 15 is 0 Å². The van der Waals surface area contributed by atoms with Gasteiger partial charge in [0.1, 0.15) is 5.60 Å². The van der Waals surface area contributed by atoms with Gasteiger partial charge in [0.05, 0.1) is 11.2 Å². The minimum Gasteiger partial charge on any atom is -0.388 e. The van der Waals surface area contributed by atoms with Crippen LogP contribution in [0.3, 0.4) is 0 Å². The Morgan fingerprint density at radius 1 is 0.800 bits per heavy atom. The normalized spacial score (nSPS) is 56.2. The Hall–Kier alpha value is -0.730. The molecule has 0 spiro atoms. The summed E-state index contributed by atoms with van der Waals surface area (Å²) in [4.78, 5) is -0.324. The van der Waals surface area contributed by atoms with E-state index in [9.17, 15) is 32.2 Å². The van der Waals surface area contributed by atoms with Gasteiger partial charge in [-0.25, -0.2) is 22.0 Å². The van der Waals surface area contributed by atoms with E-state index in [0.717, 1.165) is 6.42 Å². The van der Waals surface area contributed by atoms with Crippen LogP contribution in [0.5, 0.6) is 0 Å². The predicted molar refractivity (Wildman–Crippen MR) is 76.8 cm³/mol. The van der Waals surface area contributed by atoms with E-state index in [1.54, 1.807) is 0 Å². The molecule has 0 aliphatic heterocycles. The van der Waals surface area contributed by atoms with Gasteiger partial charge in [0.25, 0.3) is 0 Å². The SMILES string of the molecule is O[C@]1(c2c(F)c(F)c(F)c(F)c2F)[C@@H]2[C@H]3C[C@@H]4[C@H]5[C@H]3[C@H]1[C@@](O)([C@H]42)[C@@H]5Br. The number of hydrogen-bond acceptors (Lipinski definition) is 2. The number of aliphatic hydroxyl groups is 2. The van der Waals surface area contributed by atoms with Crippen molar-refractivity contribution < 1.29 is 32.2 Å². The lowest BCUT2D eigenvalue weighted by Crippen LogP contribution is -2.47. The van der Waals surface area contributed by atoms with Crippen LogP contribution < -0.4 is 0 Å². The fourth-order valence-corrected chi connectivity index (χ4v) is 9.26. The highest BCUT2D eigenvalue weighted by molar-refractivity contribution is 9.09. The monoisotopic (exact) mass is 422 g/mol. The highest BCUT2D eigenvalue weighted by Crippen LogP contribution is 2.89. The van der Waals surface area contributed by atoms with Crippen molar-refractivity contribution in [3.63, 3.8) is 0 Å². The van der Waals surface area contributed by atoms with Crippen molar-refractivity contribution in [1.29, 1.82) is 0 Å². The van der Waals surface area contributed by atoms with Crippen molar-refractivity contribution in [2.75, 3.05) is 0 Å². The van der Waals surface area contributed by atoms with E-state index in [1.165, 1.54) is 0 Å². The van der Waals surface area contributed by atoms with Gasteiger partial charge in [0.2, 0.25) is 5.82 Å². The Morgan fingerprint density at radius 3 is 1.88 bits per heavy atom. The summed E-state index contributed by atoms with van der Waals surface area (Å²) in [5.41, 5.74) is -4.76. The first-order chi connectivity index (χ1) is 11.7. The summed E-state index contributed by atoms with van der Waals surface area (Å²) in [6.45, 7) is 0. The van der Waals surface area contributed by atoms with Crippen LogP contribution in [0.25, 0.3) is 0 Å². The second-order valence-electron chi connectivity index (χ2n) is 8.31. The second kappa shape index (κ2) is 3.92. The van der Waals surface area contributed by atoms with Gasteiger partial charge in [-0.05, 0) is 36.0 Å². The molecule has 10 atom stereocenters. The van der Waals surface area contributed by atoms with Crippen LogP contribution in [0.1, 0.15) is 12.0 Å². The van der Waals surface area contributed by atoms with Gasteiger partial charge < -0.3 is 10.2 Å². The Labute approximate surface area is 147 Å². The number of halogens is 6. The molecule has 0 heterocycles. The molecule has 2 N–H and O–H groups in total. The molecule has 134 valence electrons. The van der Waals surface area contributed by atoms with E-state index in [2.05, 4.69) is 15.9 Å². The quantitative estimate of drug-likeness (QED) is 0.316. The topological polar surface area (TPSA) is 40.5 Å². The lowest BCUT2D eigenvalue weighted by Gasteiger charge is -2.38. The van der Waals surface area contributed by atoms with Gasteiger partial charge in [-0.3, -0.25) is 0 Å². The number of rotatable bonds is 1. The Morgan fingerprint density at radius 2 is 1.32 bits per heavy atom. The van der Waals surface area contributed by atoms with Gasteiger partial charge >= 0.3 is 0 Å². The average molecular weight is 423 g/mol. The van der Waals surface area contributed by atoms with Crippen LogP contribution in [0.4, 0.5) is 22.0 Å². The molecule has 0 unspecified atom stereocenters. The van der Waals surface area contributed by atoms with Gasteiger partial charge in [0, 0.05) is 16.7 Å². The molecule has 6 saturated carbocycles. The fourth-order valence-electron chi connectivity index (χ4n) is 7.93. The molecule has 8 heteroatoms. The van der Waals surface area contributed by atoms with Crippen LogP contribution in [0.2, 0.25) is 0 Å². The van der Waals surface area contributed by atoms with Crippen molar-refractivity contribution in [2.45, 2.75) is 22.5 Å². The van der Waals surface area contributed by atoms with E-state index in [0.29, 0.717) is 0 Å². The molecule has 0 saturated heterocycles. The summed E-state index contributed by atoms with van der Waals surface area (Å²) in [5.74, 6) is -12.3. The maximum absolute atomic E-state index is 14.5. The third-order valence-corrected chi connectivity index (χ3v) is 9.42. The smallest absolute Gasteiger partial charge is 0.200 e. The lowest BCUT2D eigenvalue weighted by molar-refractivity contribution is -0.0802. The summed E-state index contributed by atoms with van der Waals surface area (Å²) < 4.78 is 69.9. The van der Waals surface area contributed by atoms with Crippen LogP contribution in [0, 0.1) is 70.5 Å². The Kier molecular flexibility index (Phi) is 2.40. The number of benzene rings is 1. The average Bonchev–Trinajstić information content (AvgIpc) is 3.28. The van der Waals surface area contributed by atoms with Crippen LogP contribution in [-0.2, 0) is 5.60 Å². The highest BCUT2D eigenvalue weighted by Gasteiger charge is 2.93. The van der Waals surface area contributed by atoms with Gasteiger partial charge in [0.15, 0.2) is 23.3 Å². The predicted octanol–water partition coefficient (Wildman–Crippen LogP) is 2.84. The fraction of sp³-hybridized carbons (Fsp3) is 0.647. The zero-order valence-corrected chi connectivity index (χ0v) is 14.1. The Balaban J connectivity index is 1.66. The molecular weight excluding hydrogens is 411 g/mol. The minimum absolute atomic E-state index is 0.0483. The van der Waals surface area contributed by atoms with Crippen LogP contribution >= 0.6 is 15.9 Å². The third kappa shape index (κ3) is 1.16. The van der Waals surface area contributed by atoms with Gasteiger partial charge in [-0.15, -0.1) is 0 Å². The summed E-state index contributed by atoms with van der Waals surface area (Å²) in [7, 11) is 0. The van der Waals surface area contributed by atoms with Crippen molar-refractivity contribution in [3.05, 3.63) is 34.6 Å². The van der Waals surface area contributed by atoms with Gasteiger partial charge in [-0.1, -0.05) is 15.9 Å². The molecule has 7 rings (SSSR count). The highest BCUT2D eigenvalue weighted by atomic mass is 79.9. The standard InChI is InChI=1S/C17H12BrF5O2/c18-15-5-3-1-2-4(5)14-16(24,6(2)7(3)17(14,15)25)8-9(19)11(21)13(23)12(22)10(8)20/h2-7,14-15,24-25H,1H2/t2-,3+,4-,5-,6+,7+,14+,15+,16-,17-/m0/s1. The largest absolute Gasteiger partial charge is 0.388 e. The van der Waals surface area contributed by atoms with Crippen molar-refractivity contribution >= 4 is 15.9 Å². The first-order valence-electron chi connectivity index (χ1n) is 8.29. The summed E-state index contributed by atoms with van der Waals surface area (Å²) in [6.07, 6.45) is 0.725. The van der Waals surface area contributed by atoms with E-state index in [-0.39, 0.29) is 34.4 Å². The second-order valence-corrected chi connectivity index (χ2v) is 9.29. The summed E-state index contributed by atoms with van der Waals surface area (Å²) in [6, 6.07) is 0. The summed E-state index contributed by atoms with van der Waals surface area (Å²) in [5, 5.41) is 22.7. The molecule has 0 amide bonds. The van der Waals surface area contributed by atoms with Crippen molar-refractivity contribution in [2.24, 2.45) is 41.4 Å². The molecule has 1 aromatic carbocycles. The van der Waals surface area contributed by atoms with Crippen LogP contribution in [0.15, 0.2) is 0 Å². The van der Waals surface area contributed by atoms with Crippen molar-refractivity contribution in [3.8, 4) is 0 Å². The zero-order valence-electron chi connectivity index (χ0n) is 12.5. The first-order valence-corrected chi connectivity index (χ1v) is 9.20. The molecule has 6 bridgehead atoms. The van der Waals surface area contributed by atoms with E-state index in [1.807, 2.05) is 0 Å². The lowest BCUT2D eigenvalue weighted by atomic mass is 9.69. The molecule has 0 aromatic heterocycles. The van der Waals surface area contributed by atoms with Crippen LogP contribution in [-0.4, -0.2) is 20.6 Å². The van der Waals surface area contributed by atoms with E-state index in [4.69, 9.17) is 0 Å². The maximum Gasteiger partial charge on any atom is 0.200 e.